The molecule has 116 valence electrons. The van der Waals surface area contributed by atoms with Crippen LogP contribution < -0.4 is 5.32 Å². The SMILES string of the molecule is Oc1ccc(Cl)cc1Nc1cc(Cl)nc(-c2ccc(F)cc2)n1. The molecule has 23 heavy (non-hydrogen) atoms. The van der Waals surface area contributed by atoms with E-state index in [0.29, 0.717) is 27.9 Å². The fourth-order valence-corrected chi connectivity index (χ4v) is 2.31. The van der Waals surface area contributed by atoms with Crippen LogP contribution in [-0.4, -0.2) is 15.1 Å². The standard InChI is InChI=1S/C16H10Cl2FN3O/c17-10-3-6-13(23)12(7-10)20-15-8-14(18)21-16(22-15)9-1-4-11(19)5-2-9/h1-8,23H,(H,20,21,22). The number of aromatic hydroxyl groups is 1. The first kappa shape index (κ1) is 15.5. The molecule has 4 nitrogen and oxygen atoms in total. The van der Waals surface area contributed by atoms with Crippen LogP contribution in [0.25, 0.3) is 11.4 Å². The van der Waals surface area contributed by atoms with E-state index in [0.717, 1.165) is 0 Å². The molecule has 0 unspecified atom stereocenters. The molecule has 0 fully saturated rings. The number of halogens is 3. The third-order valence-corrected chi connectivity index (χ3v) is 3.45. The van der Waals surface area contributed by atoms with Gasteiger partial charge in [0, 0.05) is 16.7 Å². The summed E-state index contributed by atoms with van der Waals surface area (Å²) in [7, 11) is 0. The first-order chi connectivity index (χ1) is 11.0. The first-order valence-corrected chi connectivity index (χ1v) is 7.33. The van der Waals surface area contributed by atoms with Crippen molar-refractivity contribution in [3.05, 3.63) is 64.5 Å². The highest BCUT2D eigenvalue weighted by molar-refractivity contribution is 6.31. The molecule has 0 radical (unpaired) electrons. The summed E-state index contributed by atoms with van der Waals surface area (Å²) in [5, 5.41) is 13.4. The lowest BCUT2D eigenvalue weighted by Gasteiger charge is -2.10. The average molecular weight is 350 g/mol. The number of hydrogen-bond donors (Lipinski definition) is 2. The molecule has 0 amide bonds. The van der Waals surface area contributed by atoms with E-state index in [4.69, 9.17) is 23.2 Å². The fraction of sp³-hybridized carbons (Fsp3) is 0. The van der Waals surface area contributed by atoms with Gasteiger partial charge in [-0.15, -0.1) is 0 Å². The lowest BCUT2D eigenvalue weighted by Crippen LogP contribution is -1.98. The zero-order valence-electron chi connectivity index (χ0n) is 11.6. The van der Waals surface area contributed by atoms with Gasteiger partial charge in [-0.05, 0) is 42.5 Å². The monoisotopic (exact) mass is 349 g/mol. The molecule has 0 bridgehead atoms. The molecular weight excluding hydrogens is 340 g/mol. The highest BCUT2D eigenvalue weighted by Crippen LogP contribution is 2.30. The number of hydrogen-bond acceptors (Lipinski definition) is 4. The Bertz CT molecular complexity index is 856. The van der Waals surface area contributed by atoms with Crippen LogP contribution in [0.4, 0.5) is 15.9 Å². The van der Waals surface area contributed by atoms with Crippen molar-refractivity contribution in [2.45, 2.75) is 0 Å². The number of aromatic nitrogens is 2. The number of benzene rings is 2. The van der Waals surface area contributed by atoms with E-state index in [2.05, 4.69) is 15.3 Å². The smallest absolute Gasteiger partial charge is 0.163 e. The Labute approximate surface area is 141 Å². The van der Waals surface area contributed by atoms with Gasteiger partial charge in [-0.1, -0.05) is 23.2 Å². The second-order valence-electron chi connectivity index (χ2n) is 4.69. The molecule has 0 spiro atoms. The zero-order chi connectivity index (χ0) is 16.4. The summed E-state index contributed by atoms with van der Waals surface area (Å²) in [5.74, 6) is 0.383. The van der Waals surface area contributed by atoms with E-state index in [-0.39, 0.29) is 16.7 Å². The van der Waals surface area contributed by atoms with Gasteiger partial charge >= 0.3 is 0 Å². The normalized spacial score (nSPS) is 10.6. The summed E-state index contributed by atoms with van der Waals surface area (Å²) >= 11 is 11.9. The molecule has 0 aliphatic carbocycles. The van der Waals surface area contributed by atoms with Gasteiger partial charge in [0.25, 0.3) is 0 Å². The van der Waals surface area contributed by atoms with Gasteiger partial charge in [0.1, 0.15) is 22.5 Å². The Morgan fingerprint density at radius 3 is 2.43 bits per heavy atom. The minimum absolute atomic E-state index is 0.0208. The molecule has 0 saturated carbocycles. The summed E-state index contributed by atoms with van der Waals surface area (Å²) in [4.78, 5) is 8.43. The summed E-state index contributed by atoms with van der Waals surface area (Å²) in [6.07, 6.45) is 0. The number of anilines is 2. The van der Waals surface area contributed by atoms with Crippen LogP contribution in [0.2, 0.25) is 10.2 Å². The van der Waals surface area contributed by atoms with E-state index in [1.54, 1.807) is 24.3 Å². The predicted octanol–water partition coefficient (Wildman–Crippen LogP) is 5.04. The van der Waals surface area contributed by atoms with Crippen molar-refractivity contribution >= 4 is 34.7 Å². The van der Waals surface area contributed by atoms with Crippen molar-refractivity contribution < 1.29 is 9.50 Å². The van der Waals surface area contributed by atoms with Crippen LogP contribution in [0.1, 0.15) is 0 Å². The van der Waals surface area contributed by atoms with E-state index in [1.165, 1.54) is 24.3 Å². The second kappa shape index (κ2) is 6.40. The summed E-state index contributed by atoms with van der Waals surface area (Å²) < 4.78 is 13.0. The first-order valence-electron chi connectivity index (χ1n) is 6.57. The van der Waals surface area contributed by atoms with Crippen molar-refractivity contribution in [2.24, 2.45) is 0 Å². The van der Waals surface area contributed by atoms with Crippen molar-refractivity contribution in [1.29, 1.82) is 0 Å². The molecule has 3 rings (SSSR count). The molecule has 3 aromatic rings. The van der Waals surface area contributed by atoms with E-state index in [1.807, 2.05) is 0 Å². The van der Waals surface area contributed by atoms with Crippen LogP contribution in [0, 0.1) is 5.82 Å². The molecule has 2 aromatic carbocycles. The number of phenolic OH excluding ortho intramolecular Hbond substituents is 1. The van der Waals surface area contributed by atoms with Crippen molar-refractivity contribution in [3.8, 4) is 17.1 Å². The number of nitrogens with one attached hydrogen (secondary N) is 1. The Morgan fingerprint density at radius 1 is 0.957 bits per heavy atom. The van der Waals surface area contributed by atoms with Crippen molar-refractivity contribution in [3.63, 3.8) is 0 Å². The molecule has 0 aliphatic heterocycles. The third-order valence-electron chi connectivity index (χ3n) is 3.02. The van der Waals surface area contributed by atoms with Gasteiger partial charge in [-0.2, -0.15) is 0 Å². The van der Waals surface area contributed by atoms with Crippen LogP contribution in [-0.2, 0) is 0 Å². The maximum Gasteiger partial charge on any atom is 0.163 e. The van der Waals surface area contributed by atoms with Gasteiger partial charge in [-0.25, -0.2) is 14.4 Å². The van der Waals surface area contributed by atoms with Gasteiger partial charge < -0.3 is 10.4 Å². The minimum atomic E-state index is -0.349. The van der Waals surface area contributed by atoms with Crippen LogP contribution in [0.5, 0.6) is 5.75 Å². The Kier molecular flexibility index (Phi) is 4.32. The molecule has 0 atom stereocenters. The fourth-order valence-electron chi connectivity index (χ4n) is 1.96. The molecule has 1 heterocycles. The molecule has 0 aliphatic rings. The maximum atomic E-state index is 13.0. The van der Waals surface area contributed by atoms with Gasteiger partial charge in [-0.3, -0.25) is 0 Å². The third kappa shape index (κ3) is 3.70. The summed E-state index contributed by atoms with van der Waals surface area (Å²) in [6.45, 7) is 0. The molecule has 7 heteroatoms. The second-order valence-corrected chi connectivity index (χ2v) is 5.52. The van der Waals surface area contributed by atoms with E-state index >= 15 is 0 Å². The molecule has 2 N–H and O–H groups in total. The highest BCUT2D eigenvalue weighted by atomic mass is 35.5. The lowest BCUT2D eigenvalue weighted by atomic mass is 10.2. The summed E-state index contributed by atoms with van der Waals surface area (Å²) in [6, 6.07) is 11.8. The van der Waals surface area contributed by atoms with Crippen molar-refractivity contribution in [1.82, 2.24) is 9.97 Å². The van der Waals surface area contributed by atoms with E-state index in [9.17, 15) is 9.50 Å². The maximum absolute atomic E-state index is 13.0. The number of phenols is 1. The average Bonchev–Trinajstić information content (AvgIpc) is 2.51. The van der Waals surface area contributed by atoms with Gasteiger partial charge in [0.05, 0.1) is 5.69 Å². The van der Waals surface area contributed by atoms with Crippen LogP contribution >= 0.6 is 23.2 Å². The Morgan fingerprint density at radius 2 is 1.70 bits per heavy atom. The number of nitrogens with zero attached hydrogens (tertiary/aromatic N) is 2. The van der Waals surface area contributed by atoms with Crippen LogP contribution in [0.15, 0.2) is 48.5 Å². The Balaban J connectivity index is 1.97. The lowest BCUT2D eigenvalue weighted by molar-refractivity contribution is 0.477. The molecule has 0 saturated heterocycles. The largest absolute Gasteiger partial charge is 0.506 e. The minimum Gasteiger partial charge on any atom is -0.506 e. The highest BCUT2D eigenvalue weighted by Gasteiger charge is 2.09. The van der Waals surface area contributed by atoms with Crippen LogP contribution in [0.3, 0.4) is 0 Å². The van der Waals surface area contributed by atoms with E-state index < -0.39 is 0 Å². The number of rotatable bonds is 3. The predicted molar refractivity (Wildman–Crippen MR) is 88.8 cm³/mol. The molecular formula is C16H10Cl2FN3O. The quantitative estimate of drug-likeness (QED) is 0.513. The van der Waals surface area contributed by atoms with Gasteiger partial charge in [0.15, 0.2) is 5.82 Å². The van der Waals surface area contributed by atoms with Crippen molar-refractivity contribution in [2.75, 3.05) is 5.32 Å². The zero-order valence-corrected chi connectivity index (χ0v) is 13.1. The molecule has 1 aromatic heterocycles. The Hall–Kier alpha value is -2.37. The topological polar surface area (TPSA) is 58.0 Å². The summed E-state index contributed by atoms with van der Waals surface area (Å²) in [5.41, 5.74) is 1.00. The van der Waals surface area contributed by atoms with Gasteiger partial charge in [0.2, 0.25) is 0 Å².